The van der Waals surface area contributed by atoms with Crippen LogP contribution in [0.5, 0.6) is 0 Å². The van der Waals surface area contributed by atoms with Gasteiger partial charge in [0.2, 0.25) is 0 Å². The van der Waals surface area contributed by atoms with E-state index in [1.165, 1.54) is 6.26 Å². The van der Waals surface area contributed by atoms with E-state index in [-0.39, 0.29) is 19.0 Å². The molecule has 0 rings (SSSR count). The van der Waals surface area contributed by atoms with Crippen molar-refractivity contribution in [2.75, 3.05) is 25.6 Å². The Kier molecular flexibility index (Phi) is 5.69. The molecule has 0 saturated carbocycles. The molecule has 0 spiro atoms. The van der Waals surface area contributed by atoms with E-state index in [0.717, 1.165) is 0 Å². The highest BCUT2D eigenvalue weighted by atomic mass is 32.2. The largest absolute Gasteiger partial charge is 0.499 e. The number of ether oxygens (including phenoxy) is 2. The SMILES string of the molecule is C=COCCOCCS(=O)(=O)O. The smallest absolute Gasteiger partial charge is 0.267 e. The minimum atomic E-state index is -3.90. The zero-order chi connectivity index (χ0) is 9.45. The van der Waals surface area contributed by atoms with Gasteiger partial charge >= 0.3 is 0 Å². The van der Waals surface area contributed by atoms with Crippen molar-refractivity contribution in [3.63, 3.8) is 0 Å². The van der Waals surface area contributed by atoms with Crippen LogP contribution in [0.1, 0.15) is 0 Å². The monoisotopic (exact) mass is 196 g/mol. The maximum absolute atomic E-state index is 10.1. The molecule has 0 atom stereocenters. The first kappa shape index (κ1) is 11.4. The Balaban J connectivity index is 3.17. The van der Waals surface area contributed by atoms with Crippen LogP contribution >= 0.6 is 0 Å². The van der Waals surface area contributed by atoms with Gasteiger partial charge in [0.25, 0.3) is 10.1 Å². The van der Waals surface area contributed by atoms with Crippen LogP contribution in [0, 0.1) is 0 Å². The Morgan fingerprint density at radius 3 is 2.50 bits per heavy atom. The Morgan fingerprint density at radius 2 is 2.00 bits per heavy atom. The summed E-state index contributed by atoms with van der Waals surface area (Å²) in [6, 6.07) is 0. The van der Waals surface area contributed by atoms with Gasteiger partial charge in [0.1, 0.15) is 6.61 Å². The minimum absolute atomic E-state index is 0.0284. The molecule has 0 aliphatic rings. The summed E-state index contributed by atoms with van der Waals surface area (Å²) in [5, 5.41) is 0. The second-order valence-electron chi connectivity index (χ2n) is 1.94. The lowest BCUT2D eigenvalue weighted by molar-refractivity contribution is 0.0939. The van der Waals surface area contributed by atoms with E-state index in [4.69, 9.17) is 14.0 Å². The molecule has 12 heavy (non-hydrogen) atoms. The van der Waals surface area contributed by atoms with Crippen molar-refractivity contribution in [2.45, 2.75) is 0 Å². The summed E-state index contributed by atoms with van der Waals surface area (Å²) in [4.78, 5) is 0. The van der Waals surface area contributed by atoms with Crippen LogP contribution in [0.3, 0.4) is 0 Å². The predicted octanol–water partition coefficient (Wildman–Crippen LogP) is 0.0509. The van der Waals surface area contributed by atoms with Gasteiger partial charge in [-0.25, -0.2) is 0 Å². The van der Waals surface area contributed by atoms with Gasteiger partial charge < -0.3 is 9.47 Å². The second kappa shape index (κ2) is 5.99. The lowest BCUT2D eigenvalue weighted by atomic mass is 10.7. The average molecular weight is 196 g/mol. The molecular formula is C6H12O5S. The van der Waals surface area contributed by atoms with Crippen LogP contribution in [0.15, 0.2) is 12.8 Å². The molecular weight excluding hydrogens is 184 g/mol. The molecule has 0 radical (unpaired) electrons. The fourth-order valence-corrected chi connectivity index (χ4v) is 0.785. The van der Waals surface area contributed by atoms with Gasteiger partial charge in [0.05, 0.1) is 25.2 Å². The van der Waals surface area contributed by atoms with E-state index < -0.39 is 10.1 Å². The number of hydrogen-bond acceptors (Lipinski definition) is 4. The third-order valence-corrected chi connectivity index (χ3v) is 1.63. The van der Waals surface area contributed by atoms with Gasteiger partial charge in [-0.1, -0.05) is 6.58 Å². The van der Waals surface area contributed by atoms with Crippen LogP contribution in [0.25, 0.3) is 0 Å². The molecule has 0 aromatic rings. The van der Waals surface area contributed by atoms with Crippen LogP contribution in [-0.2, 0) is 19.6 Å². The Labute approximate surface area is 71.7 Å². The summed E-state index contributed by atoms with van der Waals surface area (Å²) >= 11 is 0. The van der Waals surface area contributed by atoms with Gasteiger partial charge in [0.15, 0.2) is 0 Å². The van der Waals surface area contributed by atoms with Crippen molar-refractivity contribution < 1.29 is 22.4 Å². The molecule has 0 aliphatic heterocycles. The molecule has 0 aromatic heterocycles. The molecule has 0 heterocycles. The maximum atomic E-state index is 10.1. The lowest BCUT2D eigenvalue weighted by Gasteiger charge is -2.01. The first-order valence-electron chi connectivity index (χ1n) is 3.31. The second-order valence-corrected chi connectivity index (χ2v) is 3.51. The fraction of sp³-hybridized carbons (Fsp3) is 0.667. The predicted molar refractivity (Wildman–Crippen MR) is 43.4 cm³/mol. The molecule has 0 fully saturated rings. The average Bonchev–Trinajstić information content (AvgIpc) is 1.94. The van der Waals surface area contributed by atoms with Gasteiger partial charge in [-0.15, -0.1) is 0 Å². The number of rotatable bonds is 7. The first-order valence-corrected chi connectivity index (χ1v) is 4.92. The molecule has 6 heteroatoms. The van der Waals surface area contributed by atoms with E-state index in [1.807, 2.05) is 0 Å². The Morgan fingerprint density at radius 1 is 1.33 bits per heavy atom. The third-order valence-electron chi connectivity index (χ3n) is 0.949. The molecule has 0 unspecified atom stereocenters. The van der Waals surface area contributed by atoms with Crippen molar-refractivity contribution in [2.24, 2.45) is 0 Å². The summed E-state index contributed by atoms with van der Waals surface area (Å²) in [6.45, 7) is 3.88. The quantitative estimate of drug-likeness (QED) is 0.354. The number of hydrogen-bond donors (Lipinski definition) is 1. The highest BCUT2D eigenvalue weighted by Crippen LogP contribution is 1.84. The molecule has 1 N–H and O–H groups in total. The summed E-state index contributed by atoms with van der Waals surface area (Å²) in [5.41, 5.74) is 0. The van der Waals surface area contributed by atoms with Crippen molar-refractivity contribution in [3.05, 3.63) is 12.8 Å². The van der Waals surface area contributed by atoms with E-state index in [2.05, 4.69) is 6.58 Å². The topological polar surface area (TPSA) is 72.8 Å². The van der Waals surface area contributed by atoms with Crippen LogP contribution < -0.4 is 0 Å². The normalized spacial score (nSPS) is 11.1. The standard InChI is InChI=1S/C6H12O5S/c1-2-10-3-4-11-5-6-12(7,8)9/h2H,1,3-6H2,(H,7,8,9). The van der Waals surface area contributed by atoms with Gasteiger partial charge in [-0.2, -0.15) is 8.42 Å². The zero-order valence-electron chi connectivity index (χ0n) is 6.60. The first-order chi connectivity index (χ1) is 5.56. The van der Waals surface area contributed by atoms with Crippen molar-refractivity contribution in [1.82, 2.24) is 0 Å². The van der Waals surface area contributed by atoms with Crippen molar-refractivity contribution in [3.8, 4) is 0 Å². The summed E-state index contributed by atoms with van der Waals surface area (Å²) < 4.78 is 38.1. The molecule has 5 nitrogen and oxygen atoms in total. The van der Waals surface area contributed by atoms with Crippen LogP contribution in [0.4, 0.5) is 0 Å². The van der Waals surface area contributed by atoms with Crippen molar-refractivity contribution >= 4 is 10.1 Å². The van der Waals surface area contributed by atoms with Crippen molar-refractivity contribution in [1.29, 1.82) is 0 Å². The Bertz CT molecular complexity index is 208. The van der Waals surface area contributed by atoms with Crippen LogP contribution in [0.2, 0.25) is 0 Å². The van der Waals surface area contributed by atoms with Crippen LogP contribution in [-0.4, -0.2) is 38.5 Å². The molecule has 72 valence electrons. The van der Waals surface area contributed by atoms with E-state index in [0.29, 0.717) is 6.61 Å². The highest BCUT2D eigenvalue weighted by molar-refractivity contribution is 7.85. The van der Waals surface area contributed by atoms with E-state index >= 15 is 0 Å². The molecule has 0 aliphatic carbocycles. The minimum Gasteiger partial charge on any atom is -0.499 e. The van der Waals surface area contributed by atoms with Gasteiger partial charge in [-0.3, -0.25) is 4.55 Å². The van der Waals surface area contributed by atoms with Gasteiger partial charge in [-0.05, 0) is 0 Å². The summed E-state index contributed by atoms with van der Waals surface area (Å²) in [6.07, 6.45) is 1.27. The fourth-order valence-electron chi connectivity index (χ4n) is 0.457. The van der Waals surface area contributed by atoms with E-state index in [1.54, 1.807) is 0 Å². The molecule has 0 amide bonds. The third kappa shape index (κ3) is 9.41. The highest BCUT2D eigenvalue weighted by Gasteiger charge is 2.02. The summed E-state index contributed by atoms with van der Waals surface area (Å²) in [5.74, 6) is -0.388. The molecule has 0 aromatic carbocycles. The Hall–Kier alpha value is -0.590. The van der Waals surface area contributed by atoms with E-state index in [9.17, 15) is 8.42 Å². The van der Waals surface area contributed by atoms with Gasteiger partial charge in [0, 0.05) is 0 Å². The zero-order valence-corrected chi connectivity index (χ0v) is 7.42. The lowest BCUT2D eigenvalue weighted by Crippen LogP contribution is -2.12. The molecule has 0 bridgehead atoms. The maximum Gasteiger partial charge on any atom is 0.267 e. The molecule has 0 saturated heterocycles. The summed E-state index contributed by atoms with van der Waals surface area (Å²) in [7, 11) is -3.90.